The molecule has 2 N–H and O–H groups in total. The summed E-state index contributed by atoms with van der Waals surface area (Å²) in [5.74, 6) is 0.243. The lowest BCUT2D eigenvalue weighted by Crippen LogP contribution is -2.20. The topological polar surface area (TPSA) is 50.4 Å². The summed E-state index contributed by atoms with van der Waals surface area (Å²) in [5, 5.41) is 6.64. The van der Waals surface area contributed by atoms with Gasteiger partial charge >= 0.3 is 0 Å². The summed E-state index contributed by atoms with van der Waals surface area (Å²) in [6, 6.07) is 20.9. The molecule has 4 nitrogen and oxygen atoms in total. The summed E-state index contributed by atoms with van der Waals surface area (Å²) in [6.45, 7) is 2.58. The Bertz CT molecular complexity index is 964. The molecule has 3 aromatic rings. The fourth-order valence-electron chi connectivity index (χ4n) is 2.66. The number of amides is 1. The molecular formula is C22H20BrClN2O2. The smallest absolute Gasteiger partial charge is 0.262 e. The highest BCUT2D eigenvalue weighted by Crippen LogP contribution is 2.26. The molecule has 0 heterocycles. The number of ether oxygens (including phenoxy) is 1. The van der Waals surface area contributed by atoms with Gasteiger partial charge in [-0.05, 0) is 60.5 Å². The average Bonchev–Trinajstić information content (AvgIpc) is 2.67. The number of nitrogens with one attached hydrogen (secondary N) is 2. The Morgan fingerprint density at radius 2 is 1.86 bits per heavy atom. The van der Waals surface area contributed by atoms with E-state index in [1.807, 2.05) is 54.6 Å². The molecule has 0 aliphatic carbocycles. The number of hydrogen-bond donors (Lipinski definition) is 2. The minimum absolute atomic E-state index is 0.107. The number of carbonyl (C=O) groups excluding carboxylic acids is 1. The van der Waals surface area contributed by atoms with Crippen molar-refractivity contribution in [2.75, 3.05) is 17.2 Å². The Balaban J connectivity index is 1.54. The van der Waals surface area contributed by atoms with Crippen molar-refractivity contribution in [1.82, 2.24) is 0 Å². The van der Waals surface area contributed by atoms with Crippen LogP contribution in [0.1, 0.15) is 11.1 Å². The summed E-state index contributed by atoms with van der Waals surface area (Å²) in [5.41, 5.74) is 3.97. The Kier molecular flexibility index (Phi) is 6.95. The van der Waals surface area contributed by atoms with Gasteiger partial charge in [0, 0.05) is 22.4 Å². The molecule has 0 unspecified atom stereocenters. The van der Waals surface area contributed by atoms with Crippen LogP contribution in [-0.4, -0.2) is 12.5 Å². The summed E-state index contributed by atoms with van der Waals surface area (Å²) in [6.07, 6.45) is 0. The third-order valence-electron chi connectivity index (χ3n) is 4.08. The third-order valence-corrected chi connectivity index (χ3v) is 4.87. The van der Waals surface area contributed by atoms with Gasteiger partial charge in [0.2, 0.25) is 0 Å². The van der Waals surface area contributed by atoms with Crippen LogP contribution in [0.2, 0.25) is 5.02 Å². The van der Waals surface area contributed by atoms with Gasteiger partial charge < -0.3 is 15.4 Å². The van der Waals surface area contributed by atoms with Crippen molar-refractivity contribution in [3.63, 3.8) is 0 Å². The summed E-state index contributed by atoms with van der Waals surface area (Å²) in [7, 11) is 0. The highest BCUT2D eigenvalue weighted by Gasteiger charge is 2.08. The number of halogens is 2. The van der Waals surface area contributed by atoms with E-state index in [1.165, 1.54) is 0 Å². The maximum absolute atomic E-state index is 12.0. The zero-order valence-electron chi connectivity index (χ0n) is 15.3. The Labute approximate surface area is 178 Å². The maximum Gasteiger partial charge on any atom is 0.262 e. The van der Waals surface area contributed by atoms with Gasteiger partial charge in [-0.25, -0.2) is 0 Å². The molecular weight excluding hydrogens is 440 g/mol. The predicted octanol–water partition coefficient (Wildman–Crippen LogP) is 6.04. The van der Waals surface area contributed by atoms with Gasteiger partial charge in [-0.1, -0.05) is 51.8 Å². The number of anilines is 2. The molecule has 0 aromatic heterocycles. The van der Waals surface area contributed by atoms with E-state index in [4.69, 9.17) is 16.3 Å². The van der Waals surface area contributed by atoms with Gasteiger partial charge in [-0.2, -0.15) is 0 Å². The van der Waals surface area contributed by atoms with Crippen molar-refractivity contribution in [2.45, 2.75) is 13.5 Å². The lowest BCUT2D eigenvalue weighted by Gasteiger charge is -2.12. The van der Waals surface area contributed by atoms with Crippen LogP contribution in [0.3, 0.4) is 0 Å². The molecule has 0 aliphatic rings. The molecule has 28 heavy (non-hydrogen) atoms. The predicted molar refractivity (Wildman–Crippen MR) is 118 cm³/mol. The van der Waals surface area contributed by atoms with Crippen LogP contribution in [0.15, 0.2) is 71.2 Å². The minimum atomic E-state index is -0.237. The largest absolute Gasteiger partial charge is 0.482 e. The molecule has 0 atom stereocenters. The molecule has 0 radical (unpaired) electrons. The Hall–Kier alpha value is -2.50. The monoisotopic (exact) mass is 458 g/mol. The molecule has 3 aromatic carbocycles. The van der Waals surface area contributed by atoms with Crippen molar-refractivity contribution in [2.24, 2.45) is 0 Å². The molecule has 0 bridgehead atoms. The van der Waals surface area contributed by atoms with Crippen LogP contribution in [0, 0.1) is 6.92 Å². The number of hydrogen-bond acceptors (Lipinski definition) is 3. The molecule has 3 rings (SSSR count). The number of para-hydroxylation sites is 1. The number of carbonyl (C=O) groups is 1. The van der Waals surface area contributed by atoms with E-state index < -0.39 is 0 Å². The summed E-state index contributed by atoms with van der Waals surface area (Å²) in [4.78, 5) is 12.0. The van der Waals surface area contributed by atoms with Gasteiger partial charge in [-0.3, -0.25) is 4.79 Å². The highest BCUT2D eigenvalue weighted by atomic mass is 79.9. The second-order valence-electron chi connectivity index (χ2n) is 6.28. The Morgan fingerprint density at radius 1 is 1.07 bits per heavy atom. The van der Waals surface area contributed by atoms with E-state index in [2.05, 4.69) is 39.6 Å². The zero-order valence-corrected chi connectivity index (χ0v) is 17.7. The van der Waals surface area contributed by atoms with Crippen LogP contribution >= 0.6 is 27.5 Å². The summed E-state index contributed by atoms with van der Waals surface area (Å²) >= 11 is 9.78. The van der Waals surface area contributed by atoms with Gasteiger partial charge in [-0.15, -0.1) is 0 Å². The molecule has 0 fully saturated rings. The van der Waals surface area contributed by atoms with Crippen LogP contribution < -0.4 is 15.4 Å². The molecule has 6 heteroatoms. The lowest BCUT2D eigenvalue weighted by molar-refractivity contribution is -0.118. The van der Waals surface area contributed by atoms with Gasteiger partial charge in [0.1, 0.15) is 5.75 Å². The first-order chi connectivity index (χ1) is 13.5. The highest BCUT2D eigenvalue weighted by molar-refractivity contribution is 9.10. The second kappa shape index (κ2) is 9.62. The molecule has 0 spiro atoms. The van der Waals surface area contributed by atoms with E-state index in [0.29, 0.717) is 17.3 Å². The maximum atomic E-state index is 12.0. The fraction of sp³-hybridized carbons (Fsp3) is 0.136. The molecule has 0 saturated carbocycles. The normalized spacial score (nSPS) is 10.4. The van der Waals surface area contributed by atoms with Crippen molar-refractivity contribution in [3.05, 3.63) is 87.4 Å². The number of aryl methyl sites for hydroxylation is 1. The van der Waals surface area contributed by atoms with Crippen LogP contribution in [-0.2, 0) is 11.3 Å². The third kappa shape index (κ3) is 5.75. The van der Waals surface area contributed by atoms with E-state index in [-0.39, 0.29) is 12.5 Å². The quantitative estimate of drug-likeness (QED) is 0.453. The summed E-state index contributed by atoms with van der Waals surface area (Å²) < 4.78 is 6.60. The van der Waals surface area contributed by atoms with Crippen molar-refractivity contribution in [3.8, 4) is 5.75 Å². The van der Waals surface area contributed by atoms with E-state index in [0.717, 1.165) is 27.0 Å². The van der Waals surface area contributed by atoms with E-state index in [1.54, 1.807) is 6.07 Å². The first kappa shape index (κ1) is 20.2. The van der Waals surface area contributed by atoms with Crippen molar-refractivity contribution in [1.29, 1.82) is 0 Å². The number of benzene rings is 3. The molecule has 0 saturated heterocycles. The SMILES string of the molecule is Cc1cc(Br)ccc1NCc1ccc(OCC(=O)Nc2ccccc2)c(Cl)c1. The van der Waals surface area contributed by atoms with Gasteiger partial charge in [0.25, 0.3) is 5.91 Å². The number of rotatable bonds is 7. The standard InChI is InChI=1S/C22H20BrClN2O2/c1-15-11-17(23)8-9-20(15)25-13-16-7-10-21(19(24)12-16)28-14-22(27)26-18-5-3-2-4-6-18/h2-12,25H,13-14H2,1H3,(H,26,27). The molecule has 144 valence electrons. The first-order valence-electron chi connectivity index (χ1n) is 8.77. The van der Waals surface area contributed by atoms with E-state index >= 15 is 0 Å². The minimum Gasteiger partial charge on any atom is -0.482 e. The molecule has 1 amide bonds. The lowest BCUT2D eigenvalue weighted by atomic mass is 10.1. The van der Waals surface area contributed by atoms with Crippen molar-refractivity contribution >= 4 is 44.8 Å². The van der Waals surface area contributed by atoms with Crippen molar-refractivity contribution < 1.29 is 9.53 Å². The van der Waals surface area contributed by atoms with Crippen LogP contribution in [0.5, 0.6) is 5.75 Å². The van der Waals surface area contributed by atoms with Gasteiger partial charge in [0.15, 0.2) is 6.61 Å². The van der Waals surface area contributed by atoms with Crippen LogP contribution in [0.25, 0.3) is 0 Å². The fourth-order valence-corrected chi connectivity index (χ4v) is 3.39. The first-order valence-corrected chi connectivity index (χ1v) is 9.94. The van der Waals surface area contributed by atoms with Crippen LogP contribution in [0.4, 0.5) is 11.4 Å². The van der Waals surface area contributed by atoms with E-state index in [9.17, 15) is 4.79 Å². The Morgan fingerprint density at radius 3 is 2.57 bits per heavy atom. The van der Waals surface area contributed by atoms with Gasteiger partial charge in [0.05, 0.1) is 5.02 Å². The molecule has 0 aliphatic heterocycles. The average molecular weight is 460 g/mol. The second-order valence-corrected chi connectivity index (χ2v) is 7.60. The zero-order chi connectivity index (χ0) is 19.9.